The van der Waals surface area contributed by atoms with Gasteiger partial charge in [-0.2, -0.15) is 9.97 Å². The molecule has 5 nitrogen and oxygen atoms in total. The van der Waals surface area contributed by atoms with E-state index in [2.05, 4.69) is 15.0 Å². The van der Waals surface area contributed by atoms with E-state index in [4.69, 9.17) is 10.5 Å². The molecular formula is C13H20N4O. The van der Waals surface area contributed by atoms with Crippen molar-refractivity contribution in [1.29, 1.82) is 0 Å². The van der Waals surface area contributed by atoms with Crippen LogP contribution in [0.1, 0.15) is 63.0 Å². The summed E-state index contributed by atoms with van der Waals surface area (Å²) in [6.07, 6.45) is 6.88. The molecule has 1 saturated heterocycles. The lowest BCUT2D eigenvalue weighted by molar-refractivity contribution is 0.00901. The van der Waals surface area contributed by atoms with Gasteiger partial charge in [0, 0.05) is 12.5 Å². The van der Waals surface area contributed by atoms with Crippen molar-refractivity contribution < 1.29 is 4.74 Å². The van der Waals surface area contributed by atoms with Crippen LogP contribution in [0.4, 0.5) is 5.95 Å². The van der Waals surface area contributed by atoms with Gasteiger partial charge in [0.05, 0.1) is 0 Å². The average molecular weight is 248 g/mol. The molecule has 2 aliphatic rings. The van der Waals surface area contributed by atoms with E-state index in [1.165, 1.54) is 25.7 Å². The molecule has 1 aliphatic carbocycles. The van der Waals surface area contributed by atoms with Crippen LogP contribution in [0.5, 0.6) is 0 Å². The Hall–Kier alpha value is -1.23. The first-order valence-corrected chi connectivity index (χ1v) is 6.83. The number of anilines is 1. The van der Waals surface area contributed by atoms with E-state index < -0.39 is 0 Å². The van der Waals surface area contributed by atoms with E-state index in [1.54, 1.807) is 0 Å². The molecule has 1 aromatic heterocycles. The van der Waals surface area contributed by atoms with Crippen LogP contribution in [0, 0.1) is 0 Å². The van der Waals surface area contributed by atoms with Crippen LogP contribution >= 0.6 is 0 Å². The molecule has 18 heavy (non-hydrogen) atoms. The second kappa shape index (κ2) is 4.46. The highest BCUT2D eigenvalue weighted by atomic mass is 16.5. The molecule has 0 bridgehead atoms. The Morgan fingerprint density at radius 3 is 2.61 bits per heavy atom. The Morgan fingerprint density at radius 1 is 1.17 bits per heavy atom. The molecule has 1 aliphatic heterocycles. The number of hydrogen-bond donors (Lipinski definition) is 1. The summed E-state index contributed by atoms with van der Waals surface area (Å²) >= 11 is 0. The van der Waals surface area contributed by atoms with E-state index in [0.717, 1.165) is 31.1 Å². The predicted octanol–water partition coefficient (Wildman–Crippen LogP) is 2.14. The minimum atomic E-state index is -0.371. The van der Waals surface area contributed by atoms with Gasteiger partial charge in [0.2, 0.25) is 5.95 Å². The molecule has 2 N–H and O–H groups in total. The van der Waals surface area contributed by atoms with E-state index >= 15 is 0 Å². The number of nitrogens with zero attached hydrogens (tertiary/aromatic N) is 3. The minimum absolute atomic E-state index is 0.332. The quantitative estimate of drug-likeness (QED) is 0.868. The number of ether oxygens (including phenoxy) is 1. The number of nitrogen functional groups attached to an aromatic ring is 1. The van der Waals surface area contributed by atoms with Crippen LogP contribution in [0.25, 0.3) is 0 Å². The molecule has 1 saturated carbocycles. The third-order valence-corrected chi connectivity index (χ3v) is 4.08. The van der Waals surface area contributed by atoms with Crippen molar-refractivity contribution in [2.24, 2.45) is 0 Å². The van der Waals surface area contributed by atoms with Gasteiger partial charge in [-0.25, -0.2) is 4.98 Å². The van der Waals surface area contributed by atoms with Crippen molar-refractivity contribution in [3.63, 3.8) is 0 Å². The molecule has 1 unspecified atom stereocenters. The summed E-state index contributed by atoms with van der Waals surface area (Å²) in [5.41, 5.74) is 5.47. The van der Waals surface area contributed by atoms with Gasteiger partial charge < -0.3 is 10.5 Å². The highest BCUT2D eigenvalue weighted by molar-refractivity contribution is 5.20. The second-order valence-corrected chi connectivity index (χ2v) is 5.54. The highest BCUT2D eigenvalue weighted by Gasteiger charge is 2.36. The fourth-order valence-electron chi connectivity index (χ4n) is 2.97. The van der Waals surface area contributed by atoms with Crippen molar-refractivity contribution in [1.82, 2.24) is 15.0 Å². The van der Waals surface area contributed by atoms with Crippen LogP contribution < -0.4 is 5.73 Å². The van der Waals surface area contributed by atoms with Gasteiger partial charge in [0.25, 0.3) is 0 Å². The van der Waals surface area contributed by atoms with Gasteiger partial charge in [-0.3, -0.25) is 0 Å². The van der Waals surface area contributed by atoms with Gasteiger partial charge >= 0.3 is 0 Å². The molecule has 5 heteroatoms. The lowest BCUT2D eigenvalue weighted by Gasteiger charge is -2.22. The summed E-state index contributed by atoms with van der Waals surface area (Å²) in [5, 5.41) is 0. The van der Waals surface area contributed by atoms with E-state index in [0.29, 0.717) is 11.9 Å². The largest absolute Gasteiger partial charge is 0.368 e. The summed E-state index contributed by atoms with van der Waals surface area (Å²) in [7, 11) is 0. The molecule has 98 valence electrons. The number of hydrogen-bond acceptors (Lipinski definition) is 5. The summed E-state index contributed by atoms with van der Waals surface area (Å²) in [4.78, 5) is 13.3. The molecule has 0 spiro atoms. The van der Waals surface area contributed by atoms with Gasteiger partial charge in [0.1, 0.15) is 11.4 Å². The zero-order valence-electron chi connectivity index (χ0n) is 10.9. The maximum absolute atomic E-state index is 5.84. The van der Waals surface area contributed by atoms with E-state index in [1.807, 2.05) is 6.92 Å². The Bertz CT molecular complexity index is 437. The van der Waals surface area contributed by atoms with Gasteiger partial charge in [-0.05, 0) is 32.6 Å². The van der Waals surface area contributed by atoms with Crippen LogP contribution in [0.15, 0.2) is 0 Å². The molecule has 1 atom stereocenters. The van der Waals surface area contributed by atoms with E-state index in [9.17, 15) is 0 Å². The Kier molecular flexibility index (Phi) is 2.93. The molecule has 0 radical (unpaired) electrons. The van der Waals surface area contributed by atoms with Crippen molar-refractivity contribution in [2.45, 2.75) is 57.0 Å². The number of nitrogens with two attached hydrogens (primary N) is 1. The summed E-state index contributed by atoms with van der Waals surface area (Å²) < 4.78 is 5.79. The maximum Gasteiger partial charge on any atom is 0.223 e. The standard InChI is InChI=1S/C13H20N4O/c1-13(7-4-8-18-13)11-15-10(16-12(14)17-11)9-5-2-3-6-9/h9H,2-8H2,1H3,(H2,14,15,16,17). The second-order valence-electron chi connectivity index (χ2n) is 5.54. The van der Waals surface area contributed by atoms with Crippen LogP contribution in [-0.4, -0.2) is 21.6 Å². The number of aromatic nitrogens is 3. The van der Waals surface area contributed by atoms with Crippen molar-refractivity contribution in [2.75, 3.05) is 12.3 Å². The smallest absolute Gasteiger partial charge is 0.223 e. The fourth-order valence-corrected chi connectivity index (χ4v) is 2.97. The lowest BCUT2D eigenvalue weighted by Crippen LogP contribution is -2.25. The Balaban J connectivity index is 1.94. The zero-order valence-corrected chi connectivity index (χ0v) is 10.9. The number of rotatable bonds is 2. The molecule has 3 rings (SSSR count). The van der Waals surface area contributed by atoms with Crippen molar-refractivity contribution in [3.05, 3.63) is 11.6 Å². The Labute approximate surface area is 107 Å². The molecule has 1 aromatic rings. The van der Waals surface area contributed by atoms with Gasteiger partial charge in [0.15, 0.2) is 5.82 Å². The van der Waals surface area contributed by atoms with Crippen LogP contribution in [0.3, 0.4) is 0 Å². The first kappa shape index (κ1) is 11.8. The topological polar surface area (TPSA) is 73.9 Å². The molecule has 2 fully saturated rings. The van der Waals surface area contributed by atoms with E-state index in [-0.39, 0.29) is 5.60 Å². The Morgan fingerprint density at radius 2 is 1.94 bits per heavy atom. The normalized spacial score (nSPS) is 28.9. The first-order chi connectivity index (χ1) is 8.67. The maximum atomic E-state index is 5.84. The summed E-state index contributed by atoms with van der Waals surface area (Å²) in [5.74, 6) is 2.37. The lowest BCUT2D eigenvalue weighted by atomic mass is 10.0. The van der Waals surface area contributed by atoms with Gasteiger partial charge in [-0.15, -0.1) is 0 Å². The van der Waals surface area contributed by atoms with Gasteiger partial charge in [-0.1, -0.05) is 12.8 Å². The summed E-state index contributed by atoms with van der Waals surface area (Å²) in [6.45, 7) is 2.83. The molecular weight excluding hydrogens is 228 g/mol. The van der Waals surface area contributed by atoms with Crippen LogP contribution in [0.2, 0.25) is 0 Å². The highest BCUT2D eigenvalue weighted by Crippen LogP contribution is 2.36. The zero-order chi connectivity index (χ0) is 12.6. The predicted molar refractivity (Wildman–Crippen MR) is 68.0 cm³/mol. The molecule has 0 amide bonds. The third-order valence-electron chi connectivity index (χ3n) is 4.08. The van der Waals surface area contributed by atoms with Crippen molar-refractivity contribution in [3.8, 4) is 0 Å². The molecule has 2 heterocycles. The fraction of sp³-hybridized carbons (Fsp3) is 0.769. The third kappa shape index (κ3) is 2.07. The monoisotopic (exact) mass is 248 g/mol. The molecule has 0 aromatic carbocycles. The minimum Gasteiger partial charge on any atom is -0.368 e. The SMILES string of the molecule is CC1(c2nc(N)nc(C3CCCC3)n2)CCCO1. The first-order valence-electron chi connectivity index (χ1n) is 6.83. The summed E-state index contributed by atoms with van der Waals surface area (Å²) in [6, 6.07) is 0. The average Bonchev–Trinajstić information content (AvgIpc) is 2.99. The van der Waals surface area contributed by atoms with Crippen LogP contribution in [-0.2, 0) is 10.3 Å². The van der Waals surface area contributed by atoms with Crippen molar-refractivity contribution >= 4 is 5.95 Å².